The van der Waals surface area contributed by atoms with Crippen LogP contribution in [0.25, 0.3) is 0 Å². The van der Waals surface area contributed by atoms with Gasteiger partial charge in [-0.3, -0.25) is 4.79 Å². The Morgan fingerprint density at radius 1 is 1.45 bits per heavy atom. The van der Waals surface area contributed by atoms with Crippen LogP contribution in [0.4, 0.5) is 0 Å². The Bertz CT molecular complexity index is 504. The molecule has 0 radical (unpaired) electrons. The van der Waals surface area contributed by atoms with E-state index in [0.29, 0.717) is 29.5 Å². The van der Waals surface area contributed by atoms with Gasteiger partial charge >= 0.3 is 0 Å². The van der Waals surface area contributed by atoms with Gasteiger partial charge in [-0.15, -0.1) is 0 Å². The number of nitrogens with zero attached hydrogens (tertiary/aromatic N) is 1. The minimum absolute atomic E-state index is 0.0495. The minimum atomic E-state index is -0.138. The third kappa shape index (κ3) is 3.10. The summed E-state index contributed by atoms with van der Waals surface area (Å²) in [6, 6.07) is 7.17. The molecule has 1 amide bonds. The van der Waals surface area contributed by atoms with Crippen molar-refractivity contribution in [2.24, 2.45) is 5.73 Å². The highest BCUT2D eigenvalue weighted by Gasteiger charge is 2.30. The van der Waals surface area contributed by atoms with Crippen LogP contribution in [-0.4, -0.2) is 35.0 Å². The molecule has 0 spiro atoms. The number of carbonyl (C=O) groups excluding carboxylic acids is 1. The van der Waals surface area contributed by atoms with E-state index in [4.69, 9.17) is 22.7 Å². The van der Waals surface area contributed by atoms with Gasteiger partial charge in [0.05, 0.1) is 23.2 Å². The molecule has 4 nitrogen and oxygen atoms in total. The largest absolute Gasteiger partial charge is 0.493 e. The molecule has 1 aliphatic rings. The first-order chi connectivity index (χ1) is 9.65. The van der Waals surface area contributed by atoms with Crippen molar-refractivity contribution in [3.8, 4) is 5.75 Å². The van der Waals surface area contributed by atoms with Crippen LogP contribution in [0.3, 0.4) is 0 Å². The summed E-state index contributed by atoms with van der Waals surface area (Å²) >= 11 is 5.10. The van der Waals surface area contributed by atoms with Crippen LogP contribution in [0.15, 0.2) is 24.3 Å². The molecule has 0 aliphatic carbocycles. The summed E-state index contributed by atoms with van der Waals surface area (Å²) in [4.78, 5) is 14.9. The molecule has 1 heterocycles. The van der Waals surface area contributed by atoms with Gasteiger partial charge in [-0.1, -0.05) is 24.4 Å². The Kier molecular flexibility index (Phi) is 4.95. The first-order valence-corrected chi connectivity index (χ1v) is 7.38. The molecule has 1 aliphatic heterocycles. The molecule has 0 aromatic heterocycles. The van der Waals surface area contributed by atoms with Crippen molar-refractivity contribution in [1.82, 2.24) is 4.90 Å². The standard InChI is InChI=1S/C15H20N2O2S/c1-2-19-13-9-4-3-7-11(13)15(18)17-10-6-5-8-12(17)14(16)20/h3-4,7,9,12H,2,5-6,8,10H2,1H3,(H2,16,20). The summed E-state index contributed by atoms with van der Waals surface area (Å²) in [5, 5.41) is 0. The minimum Gasteiger partial charge on any atom is -0.493 e. The second kappa shape index (κ2) is 6.70. The maximum atomic E-state index is 12.7. The van der Waals surface area contributed by atoms with Crippen molar-refractivity contribution in [1.29, 1.82) is 0 Å². The molecule has 20 heavy (non-hydrogen) atoms. The number of carbonyl (C=O) groups is 1. The Morgan fingerprint density at radius 2 is 2.20 bits per heavy atom. The van der Waals surface area contributed by atoms with E-state index in [1.54, 1.807) is 11.0 Å². The van der Waals surface area contributed by atoms with Gasteiger partial charge in [0, 0.05) is 6.54 Å². The number of likely N-dealkylation sites (tertiary alicyclic amines) is 1. The first kappa shape index (κ1) is 14.8. The topological polar surface area (TPSA) is 55.6 Å². The van der Waals surface area contributed by atoms with Gasteiger partial charge < -0.3 is 15.4 Å². The summed E-state index contributed by atoms with van der Waals surface area (Å²) < 4.78 is 5.53. The summed E-state index contributed by atoms with van der Waals surface area (Å²) in [5.41, 5.74) is 6.36. The van der Waals surface area contributed by atoms with Gasteiger partial charge in [-0.2, -0.15) is 0 Å². The molecular weight excluding hydrogens is 272 g/mol. The Balaban J connectivity index is 2.27. The van der Waals surface area contributed by atoms with Crippen LogP contribution in [0.2, 0.25) is 0 Å². The lowest BCUT2D eigenvalue weighted by molar-refractivity contribution is 0.0677. The third-order valence-corrected chi connectivity index (χ3v) is 3.78. The number of hydrogen-bond acceptors (Lipinski definition) is 3. The molecule has 1 fully saturated rings. The maximum Gasteiger partial charge on any atom is 0.258 e. The summed E-state index contributed by atoms with van der Waals surface area (Å²) in [6.45, 7) is 3.13. The van der Waals surface area contributed by atoms with Crippen molar-refractivity contribution in [3.05, 3.63) is 29.8 Å². The van der Waals surface area contributed by atoms with Crippen LogP contribution in [0.5, 0.6) is 5.75 Å². The van der Waals surface area contributed by atoms with Crippen molar-refractivity contribution in [2.45, 2.75) is 32.2 Å². The molecule has 5 heteroatoms. The molecule has 1 aromatic carbocycles. The van der Waals surface area contributed by atoms with E-state index in [1.807, 2.05) is 25.1 Å². The van der Waals surface area contributed by atoms with Gasteiger partial charge in [-0.05, 0) is 38.3 Å². The number of nitrogens with two attached hydrogens (primary N) is 1. The molecular formula is C15H20N2O2S. The second-order valence-corrected chi connectivity index (χ2v) is 5.31. The van der Waals surface area contributed by atoms with Crippen LogP contribution in [0.1, 0.15) is 36.5 Å². The molecule has 1 saturated heterocycles. The fraction of sp³-hybridized carbons (Fsp3) is 0.467. The fourth-order valence-electron chi connectivity index (χ4n) is 2.55. The normalized spacial score (nSPS) is 18.6. The van der Waals surface area contributed by atoms with Gasteiger partial charge in [0.1, 0.15) is 5.75 Å². The summed E-state index contributed by atoms with van der Waals surface area (Å²) in [5.74, 6) is 0.568. The molecule has 0 bridgehead atoms. The Hall–Kier alpha value is -1.62. The lowest BCUT2D eigenvalue weighted by atomic mass is 10.0. The van der Waals surface area contributed by atoms with Crippen LogP contribution >= 0.6 is 12.2 Å². The number of benzene rings is 1. The van der Waals surface area contributed by atoms with Crippen LogP contribution in [0, 0.1) is 0 Å². The highest BCUT2D eigenvalue weighted by atomic mass is 32.1. The number of amides is 1. The number of piperidine rings is 1. The van der Waals surface area contributed by atoms with E-state index in [9.17, 15) is 4.79 Å². The highest BCUT2D eigenvalue weighted by Crippen LogP contribution is 2.25. The lowest BCUT2D eigenvalue weighted by Crippen LogP contribution is -2.49. The number of thiocarbonyl (C=S) groups is 1. The maximum absolute atomic E-state index is 12.7. The number of ether oxygens (including phenoxy) is 1. The molecule has 1 unspecified atom stereocenters. The molecule has 1 aromatic rings. The Morgan fingerprint density at radius 3 is 2.90 bits per heavy atom. The van der Waals surface area contributed by atoms with Crippen LogP contribution in [-0.2, 0) is 0 Å². The van der Waals surface area contributed by atoms with E-state index < -0.39 is 0 Å². The predicted molar refractivity (Wildman–Crippen MR) is 83.1 cm³/mol. The van der Waals surface area contributed by atoms with E-state index in [1.165, 1.54) is 0 Å². The van der Waals surface area contributed by atoms with Crippen molar-refractivity contribution in [3.63, 3.8) is 0 Å². The zero-order valence-electron chi connectivity index (χ0n) is 11.7. The average molecular weight is 292 g/mol. The predicted octanol–water partition coefficient (Wildman–Crippen LogP) is 2.37. The molecule has 0 saturated carbocycles. The molecule has 2 N–H and O–H groups in total. The van der Waals surface area contributed by atoms with E-state index >= 15 is 0 Å². The second-order valence-electron chi connectivity index (χ2n) is 4.84. The molecule has 108 valence electrons. The van der Waals surface area contributed by atoms with Crippen molar-refractivity contribution >= 4 is 23.1 Å². The number of rotatable bonds is 4. The van der Waals surface area contributed by atoms with E-state index in [0.717, 1.165) is 19.3 Å². The van der Waals surface area contributed by atoms with Gasteiger partial charge in [-0.25, -0.2) is 0 Å². The zero-order valence-corrected chi connectivity index (χ0v) is 12.5. The number of hydrogen-bond donors (Lipinski definition) is 1. The first-order valence-electron chi connectivity index (χ1n) is 6.97. The van der Waals surface area contributed by atoms with E-state index in [2.05, 4.69) is 0 Å². The SMILES string of the molecule is CCOc1ccccc1C(=O)N1CCCCC1C(N)=S. The van der Waals surface area contributed by atoms with Gasteiger partial charge in [0.2, 0.25) is 0 Å². The third-order valence-electron chi connectivity index (χ3n) is 3.51. The summed E-state index contributed by atoms with van der Waals surface area (Å²) in [6.07, 6.45) is 2.89. The summed E-state index contributed by atoms with van der Waals surface area (Å²) in [7, 11) is 0. The van der Waals surface area contributed by atoms with Crippen LogP contribution < -0.4 is 10.5 Å². The smallest absolute Gasteiger partial charge is 0.258 e. The van der Waals surface area contributed by atoms with Gasteiger partial charge in [0.15, 0.2) is 0 Å². The fourth-order valence-corrected chi connectivity index (χ4v) is 2.79. The molecule has 1 atom stereocenters. The lowest BCUT2D eigenvalue weighted by Gasteiger charge is -2.35. The highest BCUT2D eigenvalue weighted by molar-refractivity contribution is 7.80. The number of para-hydroxylation sites is 1. The average Bonchev–Trinajstić information content (AvgIpc) is 2.47. The zero-order chi connectivity index (χ0) is 14.5. The van der Waals surface area contributed by atoms with Crippen molar-refractivity contribution < 1.29 is 9.53 Å². The Labute approximate surface area is 124 Å². The quantitative estimate of drug-likeness (QED) is 0.866. The van der Waals surface area contributed by atoms with Crippen molar-refractivity contribution in [2.75, 3.05) is 13.2 Å². The molecule has 2 rings (SSSR count). The van der Waals surface area contributed by atoms with E-state index in [-0.39, 0.29) is 11.9 Å². The van der Waals surface area contributed by atoms with Gasteiger partial charge in [0.25, 0.3) is 5.91 Å². The monoisotopic (exact) mass is 292 g/mol.